The van der Waals surface area contributed by atoms with Crippen molar-refractivity contribution in [3.63, 3.8) is 0 Å². The maximum atomic E-state index is 12.4. The molecule has 0 unspecified atom stereocenters. The van der Waals surface area contributed by atoms with Gasteiger partial charge in [0.2, 0.25) is 0 Å². The summed E-state index contributed by atoms with van der Waals surface area (Å²) in [6.07, 6.45) is 3.35. The first kappa shape index (κ1) is 12.1. The van der Waals surface area contributed by atoms with E-state index in [4.69, 9.17) is 0 Å². The number of amides is 3. The lowest BCUT2D eigenvalue weighted by molar-refractivity contribution is -0.120. The van der Waals surface area contributed by atoms with E-state index in [0.717, 1.165) is 18.4 Å². The normalized spacial score (nSPS) is 26.8. The molecule has 0 aliphatic carbocycles. The van der Waals surface area contributed by atoms with E-state index in [1.807, 2.05) is 13.0 Å². The monoisotopic (exact) mass is 259 g/mol. The first-order valence-corrected chi connectivity index (χ1v) is 6.65. The first-order chi connectivity index (χ1) is 9.08. The van der Waals surface area contributed by atoms with Gasteiger partial charge < -0.3 is 4.90 Å². The van der Waals surface area contributed by atoms with Gasteiger partial charge in [-0.3, -0.25) is 4.79 Å². The molecular formula is C14H17N3O2. The smallest absolute Gasteiger partial charge is 0.312 e. The Kier molecular flexibility index (Phi) is 2.77. The number of nitrogens with zero attached hydrogens (tertiary/aromatic N) is 3. The molecule has 0 radical (unpaired) electrons. The van der Waals surface area contributed by atoms with Crippen LogP contribution in [0.15, 0.2) is 18.3 Å². The van der Waals surface area contributed by atoms with Gasteiger partial charge in [-0.05, 0) is 43.4 Å². The number of rotatable bonds is 1. The Balaban J connectivity index is 1.95. The van der Waals surface area contributed by atoms with E-state index in [0.29, 0.717) is 18.3 Å². The number of piperidine rings is 1. The summed E-state index contributed by atoms with van der Waals surface area (Å²) in [6, 6.07) is 3.11. The van der Waals surface area contributed by atoms with Crippen molar-refractivity contribution in [1.82, 2.24) is 9.88 Å². The van der Waals surface area contributed by atoms with Crippen LogP contribution in [-0.2, 0) is 4.79 Å². The first-order valence-electron chi connectivity index (χ1n) is 6.65. The van der Waals surface area contributed by atoms with Gasteiger partial charge in [-0.1, -0.05) is 6.92 Å². The van der Waals surface area contributed by atoms with E-state index < -0.39 is 0 Å². The maximum absolute atomic E-state index is 12.4. The van der Waals surface area contributed by atoms with Crippen LogP contribution in [0.2, 0.25) is 0 Å². The summed E-state index contributed by atoms with van der Waals surface area (Å²) in [7, 11) is 0. The number of carbonyl (C=O) groups is 2. The highest BCUT2D eigenvalue weighted by molar-refractivity contribution is 6.20. The van der Waals surface area contributed by atoms with E-state index in [-0.39, 0.29) is 18.0 Å². The van der Waals surface area contributed by atoms with Gasteiger partial charge >= 0.3 is 6.03 Å². The van der Waals surface area contributed by atoms with Crippen molar-refractivity contribution in [2.45, 2.75) is 32.7 Å². The number of aryl methyl sites for hydroxylation is 1. The Labute approximate surface area is 112 Å². The highest BCUT2D eigenvalue weighted by atomic mass is 16.2. The topological polar surface area (TPSA) is 53.5 Å². The van der Waals surface area contributed by atoms with Crippen molar-refractivity contribution in [3.8, 4) is 0 Å². The van der Waals surface area contributed by atoms with Crippen LogP contribution in [0.3, 0.4) is 0 Å². The number of hydrogen-bond donors (Lipinski definition) is 0. The van der Waals surface area contributed by atoms with Gasteiger partial charge in [-0.25, -0.2) is 14.7 Å². The van der Waals surface area contributed by atoms with Gasteiger partial charge in [0.05, 0.1) is 0 Å². The van der Waals surface area contributed by atoms with E-state index in [1.165, 1.54) is 4.90 Å². The van der Waals surface area contributed by atoms with E-state index >= 15 is 0 Å². The van der Waals surface area contributed by atoms with Gasteiger partial charge in [-0.2, -0.15) is 0 Å². The zero-order valence-electron chi connectivity index (χ0n) is 11.2. The third-order valence-electron chi connectivity index (χ3n) is 3.94. The zero-order chi connectivity index (χ0) is 13.6. The Hall–Kier alpha value is -1.91. The number of carbonyl (C=O) groups excluding carboxylic acids is 2. The van der Waals surface area contributed by atoms with Crippen molar-refractivity contribution in [2.24, 2.45) is 5.92 Å². The maximum Gasteiger partial charge on any atom is 0.333 e. The Bertz CT molecular complexity index is 543. The summed E-state index contributed by atoms with van der Waals surface area (Å²) in [6.45, 7) is 4.72. The molecule has 5 nitrogen and oxygen atoms in total. The number of hydrogen-bond acceptors (Lipinski definition) is 3. The molecular weight excluding hydrogens is 242 g/mol. The third kappa shape index (κ3) is 1.89. The summed E-state index contributed by atoms with van der Waals surface area (Å²) in [4.78, 5) is 31.9. The predicted molar refractivity (Wildman–Crippen MR) is 70.7 cm³/mol. The fraction of sp³-hybridized carbons (Fsp3) is 0.500. The number of aromatic nitrogens is 1. The van der Waals surface area contributed by atoms with Crippen molar-refractivity contribution in [2.75, 3.05) is 11.4 Å². The summed E-state index contributed by atoms with van der Waals surface area (Å²) < 4.78 is 0. The SMILES string of the molecule is Cc1ccnc(N2C(=O)[C@H]3C[C@@H](C)CCN3C2=O)c1. The summed E-state index contributed by atoms with van der Waals surface area (Å²) in [5.74, 6) is 0.801. The average Bonchev–Trinajstić information content (AvgIpc) is 2.61. The number of imide groups is 1. The van der Waals surface area contributed by atoms with Crippen molar-refractivity contribution < 1.29 is 9.59 Å². The second-order valence-corrected chi connectivity index (χ2v) is 5.49. The Morgan fingerprint density at radius 2 is 2.16 bits per heavy atom. The number of urea groups is 1. The van der Waals surface area contributed by atoms with Gasteiger partial charge in [-0.15, -0.1) is 0 Å². The van der Waals surface area contributed by atoms with Crippen LogP contribution >= 0.6 is 0 Å². The molecule has 2 aliphatic heterocycles. The van der Waals surface area contributed by atoms with E-state index in [2.05, 4.69) is 11.9 Å². The molecule has 19 heavy (non-hydrogen) atoms. The molecule has 1 aromatic heterocycles. The lowest BCUT2D eigenvalue weighted by Crippen LogP contribution is -2.41. The number of fused-ring (bicyclic) bond motifs is 1. The second-order valence-electron chi connectivity index (χ2n) is 5.49. The number of anilines is 1. The lowest BCUT2D eigenvalue weighted by Gasteiger charge is -2.30. The predicted octanol–water partition coefficient (Wildman–Crippen LogP) is 1.96. The molecule has 2 fully saturated rings. The van der Waals surface area contributed by atoms with E-state index in [9.17, 15) is 9.59 Å². The highest BCUT2D eigenvalue weighted by Crippen LogP contribution is 2.32. The van der Waals surface area contributed by atoms with Gasteiger partial charge in [0.25, 0.3) is 5.91 Å². The fourth-order valence-corrected chi connectivity index (χ4v) is 2.83. The molecule has 0 spiro atoms. The molecule has 100 valence electrons. The zero-order valence-corrected chi connectivity index (χ0v) is 11.2. The van der Waals surface area contributed by atoms with Crippen molar-refractivity contribution in [3.05, 3.63) is 23.9 Å². The third-order valence-corrected chi connectivity index (χ3v) is 3.94. The Morgan fingerprint density at radius 1 is 1.37 bits per heavy atom. The van der Waals surface area contributed by atoms with Gasteiger partial charge in [0, 0.05) is 12.7 Å². The summed E-state index contributed by atoms with van der Waals surface area (Å²) >= 11 is 0. The fourth-order valence-electron chi connectivity index (χ4n) is 2.83. The van der Waals surface area contributed by atoms with Crippen LogP contribution in [0, 0.1) is 12.8 Å². The summed E-state index contributed by atoms with van der Waals surface area (Å²) in [5, 5.41) is 0. The minimum atomic E-state index is -0.293. The minimum Gasteiger partial charge on any atom is -0.312 e. The molecule has 0 saturated carbocycles. The molecule has 2 atom stereocenters. The molecule has 3 heterocycles. The Morgan fingerprint density at radius 3 is 2.89 bits per heavy atom. The van der Waals surface area contributed by atoms with Crippen LogP contribution in [0.5, 0.6) is 0 Å². The van der Waals surface area contributed by atoms with Crippen LogP contribution in [0.25, 0.3) is 0 Å². The molecule has 2 aliphatic rings. The minimum absolute atomic E-state index is 0.130. The van der Waals surface area contributed by atoms with Gasteiger partial charge in [0.1, 0.15) is 11.9 Å². The quantitative estimate of drug-likeness (QED) is 0.724. The van der Waals surface area contributed by atoms with Crippen molar-refractivity contribution >= 4 is 17.8 Å². The lowest BCUT2D eigenvalue weighted by atomic mass is 9.93. The van der Waals surface area contributed by atoms with E-state index in [1.54, 1.807) is 17.2 Å². The highest BCUT2D eigenvalue weighted by Gasteiger charge is 2.48. The number of pyridine rings is 1. The van der Waals surface area contributed by atoms with Crippen LogP contribution < -0.4 is 4.90 Å². The molecule has 1 aromatic rings. The molecule has 5 heteroatoms. The standard InChI is InChI=1S/C14H17N3O2/c1-9-3-5-15-12(8-9)17-13(18)11-7-10(2)4-6-16(11)14(17)19/h3,5,8,10-11H,4,6-7H2,1-2H3/t10-,11+/m0/s1. The molecule has 3 amide bonds. The largest absolute Gasteiger partial charge is 0.333 e. The molecule has 0 aromatic carbocycles. The average molecular weight is 259 g/mol. The molecule has 0 bridgehead atoms. The van der Waals surface area contributed by atoms with Crippen LogP contribution in [0.1, 0.15) is 25.3 Å². The summed E-state index contributed by atoms with van der Waals surface area (Å²) in [5.41, 5.74) is 0.990. The molecule has 0 N–H and O–H groups in total. The van der Waals surface area contributed by atoms with Gasteiger partial charge in [0.15, 0.2) is 0 Å². The van der Waals surface area contributed by atoms with Crippen molar-refractivity contribution in [1.29, 1.82) is 0 Å². The van der Waals surface area contributed by atoms with Crippen LogP contribution in [0.4, 0.5) is 10.6 Å². The second kappa shape index (κ2) is 4.33. The molecule has 3 rings (SSSR count). The van der Waals surface area contributed by atoms with Crippen LogP contribution in [-0.4, -0.2) is 34.4 Å². The molecule has 2 saturated heterocycles.